The SMILES string of the molecule is NCC(=O)c1ccc(OC(=O)Nc2cc([N+](=O)[O-])ccc2F)cc1. The maximum absolute atomic E-state index is 13.6. The molecule has 0 fully saturated rings. The number of non-ortho nitro benzene ring substituents is 1. The van der Waals surface area contributed by atoms with Crippen molar-refractivity contribution in [2.24, 2.45) is 5.73 Å². The van der Waals surface area contributed by atoms with Gasteiger partial charge >= 0.3 is 6.09 Å². The van der Waals surface area contributed by atoms with Crippen LogP contribution >= 0.6 is 0 Å². The average molecular weight is 333 g/mol. The number of halogens is 1. The molecule has 124 valence electrons. The number of carbonyl (C=O) groups is 2. The summed E-state index contributed by atoms with van der Waals surface area (Å²) in [5.74, 6) is -1.02. The topological polar surface area (TPSA) is 125 Å². The van der Waals surface area contributed by atoms with Gasteiger partial charge in [-0.15, -0.1) is 0 Å². The molecule has 0 saturated carbocycles. The Morgan fingerprint density at radius 2 is 1.88 bits per heavy atom. The molecule has 2 rings (SSSR count). The van der Waals surface area contributed by atoms with Gasteiger partial charge in [-0.05, 0) is 30.3 Å². The summed E-state index contributed by atoms with van der Waals surface area (Å²) in [4.78, 5) is 33.0. The monoisotopic (exact) mass is 333 g/mol. The first-order chi connectivity index (χ1) is 11.4. The van der Waals surface area contributed by atoms with E-state index in [2.05, 4.69) is 5.32 Å². The molecular weight excluding hydrogens is 321 g/mol. The summed E-state index contributed by atoms with van der Waals surface area (Å²) in [6.07, 6.45) is -1.03. The number of hydrogen-bond acceptors (Lipinski definition) is 6. The van der Waals surface area contributed by atoms with Crippen LogP contribution in [0, 0.1) is 15.9 Å². The zero-order chi connectivity index (χ0) is 17.7. The summed E-state index contributed by atoms with van der Waals surface area (Å²) in [6, 6.07) is 8.29. The number of benzene rings is 2. The molecular formula is C15H12FN3O5. The van der Waals surface area contributed by atoms with E-state index in [0.29, 0.717) is 5.56 Å². The lowest BCUT2D eigenvalue weighted by Crippen LogP contribution is -2.18. The first-order valence-corrected chi connectivity index (χ1v) is 6.67. The summed E-state index contributed by atoms with van der Waals surface area (Å²) >= 11 is 0. The lowest BCUT2D eigenvalue weighted by Gasteiger charge is -2.08. The number of rotatable bonds is 5. The minimum absolute atomic E-state index is 0.104. The quantitative estimate of drug-likeness (QED) is 0.492. The number of anilines is 1. The van der Waals surface area contributed by atoms with Crippen molar-refractivity contribution >= 4 is 23.3 Å². The van der Waals surface area contributed by atoms with E-state index >= 15 is 0 Å². The highest BCUT2D eigenvalue weighted by Gasteiger charge is 2.14. The lowest BCUT2D eigenvalue weighted by atomic mass is 10.1. The highest BCUT2D eigenvalue weighted by Crippen LogP contribution is 2.22. The van der Waals surface area contributed by atoms with Gasteiger partial charge in [-0.3, -0.25) is 20.2 Å². The second-order valence-electron chi connectivity index (χ2n) is 4.59. The van der Waals surface area contributed by atoms with Crippen molar-refractivity contribution in [2.75, 3.05) is 11.9 Å². The van der Waals surface area contributed by atoms with Crippen LogP contribution in [0.4, 0.5) is 20.6 Å². The molecule has 1 amide bonds. The molecule has 0 aliphatic carbocycles. The second-order valence-corrected chi connectivity index (χ2v) is 4.59. The number of nitrogens with one attached hydrogen (secondary N) is 1. The number of ketones is 1. The molecule has 9 heteroatoms. The van der Waals surface area contributed by atoms with Gasteiger partial charge in [0.2, 0.25) is 0 Å². The summed E-state index contributed by atoms with van der Waals surface area (Å²) < 4.78 is 18.5. The maximum atomic E-state index is 13.6. The van der Waals surface area contributed by atoms with Crippen molar-refractivity contribution in [3.05, 3.63) is 64.0 Å². The minimum Gasteiger partial charge on any atom is -0.410 e. The van der Waals surface area contributed by atoms with Crippen molar-refractivity contribution in [2.45, 2.75) is 0 Å². The van der Waals surface area contributed by atoms with Gasteiger partial charge in [0.05, 0.1) is 17.2 Å². The summed E-state index contributed by atoms with van der Waals surface area (Å²) in [6.45, 7) is -0.146. The fourth-order valence-corrected chi connectivity index (χ4v) is 1.79. The number of Topliss-reactive ketones (excluding diaryl/α,β-unsaturated/α-hetero) is 1. The van der Waals surface area contributed by atoms with Crippen LogP contribution in [0.3, 0.4) is 0 Å². The third-order valence-electron chi connectivity index (χ3n) is 2.97. The molecule has 0 unspecified atom stereocenters. The van der Waals surface area contributed by atoms with Crippen molar-refractivity contribution in [1.82, 2.24) is 0 Å². The molecule has 0 heterocycles. The molecule has 0 aromatic heterocycles. The highest BCUT2D eigenvalue weighted by atomic mass is 19.1. The number of carbonyl (C=O) groups excluding carboxylic acids is 2. The number of nitrogens with two attached hydrogens (primary N) is 1. The molecule has 8 nitrogen and oxygen atoms in total. The number of amides is 1. The fraction of sp³-hybridized carbons (Fsp3) is 0.0667. The van der Waals surface area contributed by atoms with Crippen LogP contribution in [-0.2, 0) is 0 Å². The first kappa shape index (κ1) is 17.0. The standard InChI is InChI=1S/C15H12FN3O5/c16-12-6-3-10(19(22)23)7-13(12)18-15(21)24-11-4-1-9(2-5-11)14(20)8-17/h1-7H,8,17H2,(H,18,21). The Labute approximate surface area is 135 Å². The van der Waals surface area contributed by atoms with Gasteiger partial charge in [-0.1, -0.05) is 0 Å². The summed E-state index contributed by atoms with van der Waals surface area (Å²) in [7, 11) is 0. The van der Waals surface area contributed by atoms with Gasteiger partial charge in [0, 0.05) is 17.7 Å². The Bertz CT molecular complexity index is 792. The van der Waals surface area contributed by atoms with E-state index in [9.17, 15) is 24.1 Å². The van der Waals surface area contributed by atoms with Crippen molar-refractivity contribution in [1.29, 1.82) is 0 Å². The molecule has 0 bridgehead atoms. The molecule has 2 aromatic rings. The van der Waals surface area contributed by atoms with Gasteiger partial charge in [-0.2, -0.15) is 0 Å². The van der Waals surface area contributed by atoms with E-state index in [1.54, 1.807) is 0 Å². The Morgan fingerprint density at radius 3 is 2.46 bits per heavy atom. The third-order valence-corrected chi connectivity index (χ3v) is 2.97. The largest absolute Gasteiger partial charge is 0.417 e. The van der Waals surface area contributed by atoms with Crippen LogP contribution in [0.25, 0.3) is 0 Å². The molecule has 3 N–H and O–H groups in total. The third kappa shape index (κ3) is 4.11. The van der Waals surface area contributed by atoms with E-state index in [0.717, 1.165) is 18.2 Å². The van der Waals surface area contributed by atoms with E-state index < -0.39 is 16.8 Å². The van der Waals surface area contributed by atoms with Crippen LogP contribution in [0.5, 0.6) is 5.75 Å². The second kappa shape index (κ2) is 7.29. The van der Waals surface area contributed by atoms with Crippen molar-refractivity contribution < 1.29 is 23.6 Å². The van der Waals surface area contributed by atoms with E-state index in [4.69, 9.17) is 10.5 Å². The number of nitrogens with zero attached hydrogens (tertiary/aromatic N) is 1. The first-order valence-electron chi connectivity index (χ1n) is 6.67. The Morgan fingerprint density at radius 1 is 1.21 bits per heavy atom. The van der Waals surface area contributed by atoms with Crippen LogP contribution in [-0.4, -0.2) is 23.3 Å². The number of hydrogen-bond donors (Lipinski definition) is 2. The predicted molar refractivity (Wildman–Crippen MR) is 82.5 cm³/mol. The van der Waals surface area contributed by atoms with E-state index in [-0.39, 0.29) is 29.5 Å². The number of ether oxygens (including phenoxy) is 1. The van der Waals surface area contributed by atoms with Crippen LogP contribution in [0.2, 0.25) is 0 Å². The fourth-order valence-electron chi connectivity index (χ4n) is 1.79. The Hall–Kier alpha value is -3.33. The van der Waals surface area contributed by atoms with Gasteiger partial charge in [0.25, 0.3) is 5.69 Å². The predicted octanol–water partition coefficient (Wildman–Crippen LogP) is 2.49. The number of nitro benzene ring substituents is 1. The van der Waals surface area contributed by atoms with Gasteiger partial charge in [0.1, 0.15) is 11.6 Å². The molecule has 2 aromatic carbocycles. The van der Waals surface area contributed by atoms with Gasteiger partial charge in [-0.25, -0.2) is 9.18 Å². The van der Waals surface area contributed by atoms with Gasteiger partial charge in [0.15, 0.2) is 5.78 Å². The minimum atomic E-state index is -1.03. The molecule has 0 spiro atoms. The van der Waals surface area contributed by atoms with E-state index in [1.807, 2.05) is 0 Å². The molecule has 0 aliphatic heterocycles. The molecule has 0 radical (unpaired) electrons. The summed E-state index contributed by atoms with van der Waals surface area (Å²) in [5, 5.41) is 12.7. The normalized spacial score (nSPS) is 10.1. The maximum Gasteiger partial charge on any atom is 0.417 e. The number of nitro groups is 1. The Kier molecular flexibility index (Phi) is 5.17. The van der Waals surface area contributed by atoms with Crippen molar-refractivity contribution in [3.8, 4) is 5.75 Å². The summed E-state index contributed by atoms with van der Waals surface area (Å²) in [5.41, 5.74) is 4.82. The smallest absolute Gasteiger partial charge is 0.410 e. The highest BCUT2D eigenvalue weighted by molar-refractivity contribution is 5.97. The average Bonchev–Trinajstić information content (AvgIpc) is 2.56. The molecule has 24 heavy (non-hydrogen) atoms. The van der Waals surface area contributed by atoms with Crippen LogP contribution < -0.4 is 15.8 Å². The van der Waals surface area contributed by atoms with Gasteiger partial charge < -0.3 is 10.5 Å². The zero-order valence-corrected chi connectivity index (χ0v) is 12.2. The Balaban J connectivity index is 2.07. The molecule has 0 atom stereocenters. The zero-order valence-electron chi connectivity index (χ0n) is 12.2. The molecule has 0 aliphatic rings. The van der Waals surface area contributed by atoms with Crippen molar-refractivity contribution in [3.63, 3.8) is 0 Å². The van der Waals surface area contributed by atoms with E-state index in [1.165, 1.54) is 24.3 Å². The van der Waals surface area contributed by atoms with Crippen LogP contribution in [0.1, 0.15) is 10.4 Å². The van der Waals surface area contributed by atoms with Crippen LogP contribution in [0.15, 0.2) is 42.5 Å². The lowest BCUT2D eigenvalue weighted by molar-refractivity contribution is -0.384. The molecule has 0 saturated heterocycles.